The first-order chi connectivity index (χ1) is 5.68. The van der Waals surface area contributed by atoms with Crippen molar-refractivity contribution in [2.45, 2.75) is 6.92 Å². The Morgan fingerprint density at radius 1 is 1.54 bits per heavy atom. The second-order valence-corrected chi connectivity index (χ2v) is 4.43. The van der Waals surface area contributed by atoms with E-state index in [4.69, 9.17) is 0 Å². The molecule has 0 aliphatic heterocycles. The van der Waals surface area contributed by atoms with Crippen molar-refractivity contribution in [3.63, 3.8) is 0 Å². The number of hydrogen-bond donors (Lipinski definition) is 0. The van der Waals surface area contributed by atoms with Gasteiger partial charge >= 0.3 is 0 Å². The van der Waals surface area contributed by atoms with Crippen molar-refractivity contribution in [1.82, 2.24) is 14.6 Å². The topological polar surface area (TPSA) is 30.2 Å². The third-order valence-corrected chi connectivity index (χ3v) is 3.22. The minimum atomic E-state index is 0. The van der Waals surface area contributed by atoms with E-state index in [0.717, 1.165) is 19.4 Å². The van der Waals surface area contributed by atoms with E-state index in [2.05, 4.69) is 48.6 Å². The Morgan fingerprint density at radius 2 is 2.23 bits per heavy atom. The molecule has 3 nitrogen and oxygen atoms in total. The van der Waals surface area contributed by atoms with Crippen molar-refractivity contribution in [2.24, 2.45) is 0 Å². The van der Waals surface area contributed by atoms with Gasteiger partial charge in [-0.2, -0.15) is 5.10 Å². The maximum absolute atomic E-state index is 4.29. The summed E-state index contributed by atoms with van der Waals surface area (Å²) in [5.41, 5.74) is 1.93. The Morgan fingerprint density at radius 3 is 2.92 bits per heavy atom. The Bertz CT molecular complexity index is 442. The van der Waals surface area contributed by atoms with Gasteiger partial charge in [-0.1, -0.05) is 0 Å². The largest absolute Gasteiger partial charge is 0.235 e. The molecule has 0 amide bonds. The molecule has 0 atom stereocenters. The molecule has 0 aromatic carbocycles. The lowest BCUT2D eigenvalue weighted by Crippen LogP contribution is -1.88. The van der Waals surface area contributed by atoms with Gasteiger partial charge in [0.15, 0.2) is 5.65 Å². The van der Waals surface area contributed by atoms with Gasteiger partial charge in [-0.15, -0.1) is 12.4 Å². The number of fused-ring (bicyclic) bond motifs is 1. The van der Waals surface area contributed by atoms with Gasteiger partial charge in [0.1, 0.15) is 0 Å². The predicted octanol–water partition coefficient (Wildman–Crippen LogP) is 2.83. The zero-order chi connectivity index (χ0) is 8.72. The molecule has 70 valence electrons. The monoisotopic (exact) mass is 373 g/mol. The molecule has 0 N–H and O–H groups in total. The average molecular weight is 374 g/mol. The number of rotatable bonds is 0. The molecule has 0 bridgehead atoms. The highest BCUT2D eigenvalue weighted by Gasteiger charge is 2.06. The molecule has 2 aromatic rings. The van der Waals surface area contributed by atoms with E-state index in [-0.39, 0.29) is 12.4 Å². The van der Waals surface area contributed by atoms with Crippen molar-refractivity contribution >= 4 is 56.6 Å². The number of hydrogen-bond acceptors (Lipinski definition) is 2. The minimum Gasteiger partial charge on any atom is -0.235 e. The van der Waals surface area contributed by atoms with Gasteiger partial charge in [0.05, 0.1) is 13.7 Å². The van der Waals surface area contributed by atoms with Crippen LogP contribution in [0.1, 0.15) is 5.69 Å². The maximum Gasteiger partial charge on any atom is 0.168 e. The summed E-state index contributed by atoms with van der Waals surface area (Å²) in [5, 5.41) is 4.29. The number of aryl methyl sites for hydroxylation is 1. The molecule has 2 heterocycles. The van der Waals surface area contributed by atoms with Crippen LogP contribution in [0.4, 0.5) is 0 Å². The Hall–Kier alpha value is 0.120. The van der Waals surface area contributed by atoms with E-state index >= 15 is 0 Å². The van der Waals surface area contributed by atoms with Gasteiger partial charge in [0, 0.05) is 12.4 Å². The Kier molecular flexibility index (Phi) is 3.53. The second-order valence-electron chi connectivity index (χ2n) is 2.44. The van der Waals surface area contributed by atoms with Gasteiger partial charge in [0.25, 0.3) is 0 Å². The van der Waals surface area contributed by atoms with Crippen LogP contribution >= 0.6 is 50.9 Å². The second kappa shape index (κ2) is 4.10. The molecule has 0 radical (unpaired) electrons. The number of halogens is 3. The lowest BCUT2D eigenvalue weighted by atomic mass is 10.5. The molecular formula is C7H6BrClIN3. The van der Waals surface area contributed by atoms with Crippen molar-refractivity contribution in [3.05, 3.63) is 26.1 Å². The first-order valence-electron chi connectivity index (χ1n) is 3.34. The molecule has 13 heavy (non-hydrogen) atoms. The van der Waals surface area contributed by atoms with Crippen LogP contribution in [0.15, 0.2) is 16.9 Å². The van der Waals surface area contributed by atoms with Crippen molar-refractivity contribution in [2.75, 3.05) is 0 Å². The third kappa shape index (κ3) is 1.97. The highest BCUT2D eigenvalue weighted by molar-refractivity contribution is 14.1. The molecule has 2 aromatic heterocycles. The standard InChI is InChI=1S/C7H5BrIN3.ClH/c1-4-6(9)7-10-2-5(8)3-12(7)11-4;/h2-3H,1H3;1H. The molecule has 0 saturated heterocycles. The highest BCUT2D eigenvalue weighted by Crippen LogP contribution is 2.17. The summed E-state index contributed by atoms with van der Waals surface area (Å²) < 4.78 is 3.83. The van der Waals surface area contributed by atoms with Crippen LogP contribution in [0.2, 0.25) is 0 Å². The lowest BCUT2D eigenvalue weighted by Gasteiger charge is -1.91. The Labute approximate surface area is 104 Å². The van der Waals surface area contributed by atoms with Gasteiger partial charge in [0.2, 0.25) is 0 Å². The summed E-state index contributed by atoms with van der Waals surface area (Å²) in [6.07, 6.45) is 3.68. The molecule has 0 unspecified atom stereocenters. The van der Waals surface area contributed by atoms with E-state index in [9.17, 15) is 0 Å². The summed E-state index contributed by atoms with van der Waals surface area (Å²) in [6, 6.07) is 0. The van der Waals surface area contributed by atoms with Crippen LogP contribution < -0.4 is 0 Å². The first kappa shape index (κ1) is 11.2. The van der Waals surface area contributed by atoms with Crippen LogP contribution in [0.5, 0.6) is 0 Å². The summed E-state index contributed by atoms with van der Waals surface area (Å²) in [6.45, 7) is 1.98. The average Bonchev–Trinajstić information content (AvgIpc) is 2.28. The lowest BCUT2D eigenvalue weighted by molar-refractivity contribution is 0.912. The normalized spacial score (nSPS) is 10.1. The van der Waals surface area contributed by atoms with Crippen LogP contribution in [-0.2, 0) is 0 Å². The molecule has 6 heteroatoms. The zero-order valence-electron chi connectivity index (χ0n) is 6.66. The molecule has 0 saturated carbocycles. The van der Waals surface area contributed by atoms with E-state index in [0.29, 0.717) is 0 Å². The number of aromatic nitrogens is 3. The van der Waals surface area contributed by atoms with Gasteiger partial charge < -0.3 is 0 Å². The van der Waals surface area contributed by atoms with E-state index in [1.54, 1.807) is 10.7 Å². The SMILES string of the molecule is Cc1nn2cc(Br)cnc2c1I.Cl. The van der Waals surface area contributed by atoms with Gasteiger partial charge in [-0.25, -0.2) is 9.50 Å². The summed E-state index contributed by atoms with van der Waals surface area (Å²) >= 11 is 5.59. The van der Waals surface area contributed by atoms with Crippen LogP contribution in [0, 0.1) is 10.5 Å². The quantitative estimate of drug-likeness (QED) is 0.664. The fourth-order valence-corrected chi connectivity index (χ4v) is 1.78. The summed E-state index contributed by atoms with van der Waals surface area (Å²) in [7, 11) is 0. The highest BCUT2D eigenvalue weighted by atomic mass is 127. The molecule has 0 aliphatic carbocycles. The van der Waals surface area contributed by atoms with E-state index in [1.807, 2.05) is 13.1 Å². The summed E-state index contributed by atoms with van der Waals surface area (Å²) in [5.74, 6) is 0. The predicted molar refractivity (Wildman–Crippen MR) is 65.4 cm³/mol. The molecule has 0 fully saturated rings. The van der Waals surface area contributed by atoms with Crippen LogP contribution in [0.25, 0.3) is 5.65 Å². The molecule has 0 aliphatic rings. The first-order valence-corrected chi connectivity index (χ1v) is 5.21. The van der Waals surface area contributed by atoms with Gasteiger partial charge in [-0.3, -0.25) is 0 Å². The fourth-order valence-electron chi connectivity index (χ4n) is 0.994. The van der Waals surface area contributed by atoms with Crippen molar-refractivity contribution < 1.29 is 0 Å². The molecule has 0 spiro atoms. The maximum atomic E-state index is 4.29. The minimum absolute atomic E-state index is 0. The summed E-state index contributed by atoms with van der Waals surface area (Å²) in [4.78, 5) is 4.25. The number of nitrogens with zero attached hydrogens (tertiary/aromatic N) is 3. The van der Waals surface area contributed by atoms with Gasteiger partial charge in [-0.05, 0) is 45.4 Å². The van der Waals surface area contributed by atoms with E-state index < -0.39 is 0 Å². The third-order valence-electron chi connectivity index (χ3n) is 1.54. The van der Waals surface area contributed by atoms with E-state index in [1.165, 1.54) is 0 Å². The van der Waals surface area contributed by atoms with Crippen LogP contribution in [-0.4, -0.2) is 14.6 Å². The van der Waals surface area contributed by atoms with Crippen molar-refractivity contribution in [3.8, 4) is 0 Å². The smallest absolute Gasteiger partial charge is 0.168 e. The fraction of sp³-hybridized carbons (Fsp3) is 0.143. The zero-order valence-corrected chi connectivity index (χ0v) is 11.2. The van der Waals surface area contributed by atoms with Crippen LogP contribution in [0.3, 0.4) is 0 Å². The molecule has 2 rings (SSSR count). The Balaban J connectivity index is 0.000000845. The van der Waals surface area contributed by atoms with Crippen molar-refractivity contribution in [1.29, 1.82) is 0 Å². The molecular weight excluding hydrogens is 368 g/mol.